The van der Waals surface area contributed by atoms with Gasteiger partial charge in [-0.25, -0.2) is 12.8 Å². The van der Waals surface area contributed by atoms with E-state index < -0.39 is 15.8 Å². The maximum absolute atomic E-state index is 13.0. The number of carbonyl (C=O) groups is 1. The maximum Gasteiger partial charge on any atom is 0.279 e. The summed E-state index contributed by atoms with van der Waals surface area (Å²) in [5.41, 5.74) is 2.37. The number of benzene rings is 1. The summed E-state index contributed by atoms with van der Waals surface area (Å²) in [5, 5.41) is 7.19. The van der Waals surface area contributed by atoms with Crippen LogP contribution in [0.5, 0.6) is 0 Å². The second-order valence-corrected chi connectivity index (χ2v) is 8.94. The van der Waals surface area contributed by atoms with Crippen LogP contribution in [0.4, 0.5) is 10.1 Å². The van der Waals surface area contributed by atoms with E-state index in [2.05, 4.69) is 10.4 Å². The largest absolute Gasteiger partial charge is 0.325 e. The SMILES string of the molecule is Cc1nn(C)c(C)c1NC(=O)C[NH+]1CCN(S(=O)(=O)c2ccc(F)cc2)CC1. The highest BCUT2D eigenvalue weighted by Crippen LogP contribution is 2.18. The number of piperazine rings is 1. The molecule has 1 fully saturated rings. The lowest BCUT2D eigenvalue weighted by atomic mass is 10.3. The first-order chi connectivity index (χ1) is 13.2. The Bertz CT molecular complexity index is 964. The molecule has 1 aliphatic heterocycles. The number of amides is 1. The molecule has 8 nitrogen and oxygen atoms in total. The molecule has 10 heteroatoms. The maximum atomic E-state index is 13.0. The van der Waals surface area contributed by atoms with E-state index in [1.165, 1.54) is 16.4 Å². The molecule has 3 rings (SSSR count). The Labute approximate surface area is 164 Å². The Hall–Kier alpha value is -2.30. The zero-order valence-corrected chi connectivity index (χ0v) is 17.0. The monoisotopic (exact) mass is 410 g/mol. The van der Waals surface area contributed by atoms with Gasteiger partial charge >= 0.3 is 0 Å². The number of hydrogen-bond donors (Lipinski definition) is 2. The predicted molar refractivity (Wildman–Crippen MR) is 102 cm³/mol. The van der Waals surface area contributed by atoms with Gasteiger partial charge in [0, 0.05) is 7.05 Å². The minimum atomic E-state index is -3.65. The average molecular weight is 410 g/mol. The highest BCUT2D eigenvalue weighted by molar-refractivity contribution is 7.89. The first kappa shape index (κ1) is 20.4. The van der Waals surface area contributed by atoms with E-state index in [-0.39, 0.29) is 17.3 Å². The second-order valence-electron chi connectivity index (χ2n) is 7.00. The first-order valence-electron chi connectivity index (χ1n) is 9.08. The van der Waals surface area contributed by atoms with Crippen molar-refractivity contribution in [2.75, 3.05) is 38.0 Å². The van der Waals surface area contributed by atoms with E-state index >= 15 is 0 Å². The number of nitrogens with zero attached hydrogens (tertiary/aromatic N) is 3. The molecule has 0 bridgehead atoms. The summed E-state index contributed by atoms with van der Waals surface area (Å²) in [6.07, 6.45) is 0. The summed E-state index contributed by atoms with van der Waals surface area (Å²) in [7, 11) is -1.82. The highest BCUT2D eigenvalue weighted by Gasteiger charge is 2.31. The number of anilines is 1. The van der Waals surface area contributed by atoms with Crippen molar-refractivity contribution in [3.63, 3.8) is 0 Å². The van der Waals surface area contributed by atoms with Gasteiger partial charge in [-0.05, 0) is 38.1 Å². The van der Waals surface area contributed by atoms with Crippen LogP contribution < -0.4 is 10.2 Å². The van der Waals surface area contributed by atoms with E-state index in [0.717, 1.165) is 34.1 Å². The van der Waals surface area contributed by atoms with Crippen molar-refractivity contribution in [1.29, 1.82) is 0 Å². The number of sulfonamides is 1. The quantitative estimate of drug-likeness (QED) is 0.709. The summed E-state index contributed by atoms with van der Waals surface area (Å²) in [5.74, 6) is -0.595. The molecule has 0 unspecified atom stereocenters. The minimum Gasteiger partial charge on any atom is -0.325 e. The Morgan fingerprint density at radius 1 is 1.21 bits per heavy atom. The van der Waals surface area contributed by atoms with E-state index in [4.69, 9.17) is 0 Å². The first-order valence-corrected chi connectivity index (χ1v) is 10.5. The lowest BCUT2D eigenvalue weighted by Gasteiger charge is -2.31. The molecule has 1 saturated heterocycles. The standard InChI is InChI=1S/C18H24FN5O3S/c1-13-18(14(2)22(3)21-13)20-17(25)12-23-8-10-24(11-9-23)28(26,27)16-6-4-15(19)5-7-16/h4-7H,8-12H2,1-3H3,(H,20,25)/p+1. The molecule has 2 N–H and O–H groups in total. The summed E-state index contributed by atoms with van der Waals surface area (Å²) in [6, 6.07) is 4.83. The summed E-state index contributed by atoms with van der Waals surface area (Å²) in [4.78, 5) is 13.5. The van der Waals surface area contributed by atoms with Gasteiger partial charge in [0.15, 0.2) is 6.54 Å². The molecule has 28 heavy (non-hydrogen) atoms. The van der Waals surface area contributed by atoms with Gasteiger partial charge < -0.3 is 10.2 Å². The minimum absolute atomic E-state index is 0.0811. The fourth-order valence-corrected chi connectivity index (χ4v) is 4.78. The second kappa shape index (κ2) is 7.98. The van der Waals surface area contributed by atoms with Crippen molar-refractivity contribution < 1.29 is 22.5 Å². The van der Waals surface area contributed by atoms with Gasteiger partial charge in [0.25, 0.3) is 5.91 Å². The Balaban J connectivity index is 1.56. The van der Waals surface area contributed by atoms with Gasteiger partial charge in [-0.3, -0.25) is 9.48 Å². The van der Waals surface area contributed by atoms with Crippen molar-refractivity contribution in [2.45, 2.75) is 18.7 Å². The molecule has 152 valence electrons. The Kier molecular flexibility index (Phi) is 5.82. The topological polar surface area (TPSA) is 88.7 Å². The van der Waals surface area contributed by atoms with Crippen LogP contribution in [-0.4, -0.2) is 61.1 Å². The number of rotatable bonds is 5. The normalized spacial score (nSPS) is 16.3. The third kappa shape index (κ3) is 4.23. The van der Waals surface area contributed by atoms with Crippen LogP contribution in [0, 0.1) is 19.7 Å². The molecule has 1 aromatic carbocycles. The highest BCUT2D eigenvalue weighted by atomic mass is 32.2. The number of carbonyl (C=O) groups excluding carboxylic acids is 1. The van der Waals surface area contributed by atoms with Crippen LogP contribution in [0.15, 0.2) is 29.2 Å². The average Bonchev–Trinajstić information content (AvgIpc) is 2.88. The van der Waals surface area contributed by atoms with Gasteiger partial charge in [0.1, 0.15) is 5.82 Å². The predicted octanol–water partition coefficient (Wildman–Crippen LogP) is -0.296. The van der Waals surface area contributed by atoms with Gasteiger partial charge in [-0.1, -0.05) is 0 Å². The van der Waals surface area contributed by atoms with Crippen molar-refractivity contribution in [3.8, 4) is 0 Å². The van der Waals surface area contributed by atoms with Crippen molar-refractivity contribution >= 4 is 21.6 Å². The summed E-state index contributed by atoms with van der Waals surface area (Å²) < 4.78 is 41.5. The smallest absolute Gasteiger partial charge is 0.279 e. The number of nitrogens with one attached hydrogen (secondary N) is 2. The van der Waals surface area contributed by atoms with E-state index in [1.54, 1.807) is 4.68 Å². The molecule has 0 radical (unpaired) electrons. The van der Waals surface area contributed by atoms with Crippen molar-refractivity contribution in [1.82, 2.24) is 14.1 Å². The van der Waals surface area contributed by atoms with Crippen molar-refractivity contribution in [2.24, 2.45) is 7.05 Å². The molecule has 0 spiro atoms. The van der Waals surface area contributed by atoms with Crippen LogP contribution in [-0.2, 0) is 21.9 Å². The molecule has 2 heterocycles. The lowest BCUT2D eigenvalue weighted by molar-refractivity contribution is -0.895. The zero-order chi connectivity index (χ0) is 20.5. The van der Waals surface area contributed by atoms with Gasteiger partial charge in [0.2, 0.25) is 10.0 Å². The third-order valence-electron chi connectivity index (χ3n) is 5.06. The van der Waals surface area contributed by atoms with Crippen LogP contribution in [0.2, 0.25) is 0 Å². The van der Waals surface area contributed by atoms with Crippen LogP contribution in [0.1, 0.15) is 11.4 Å². The number of halogens is 1. The van der Waals surface area contributed by atoms with Gasteiger partial charge in [-0.15, -0.1) is 0 Å². The van der Waals surface area contributed by atoms with Gasteiger partial charge in [0.05, 0.1) is 48.1 Å². The van der Waals surface area contributed by atoms with E-state index in [1.807, 2.05) is 20.9 Å². The lowest BCUT2D eigenvalue weighted by Crippen LogP contribution is -3.15. The van der Waals surface area contributed by atoms with Crippen LogP contribution >= 0.6 is 0 Å². The number of quaternary nitrogens is 1. The zero-order valence-electron chi connectivity index (χ0n) is 16.2. The summed E-state index contributed by atoms with van der Waals surface area (Å²) in [6.45, 7) is 5.67. The number of aromatic nitrogens is 2. The van der Waals surface area contributed by atoms with Crippen LogP contribution in [0.25, 0.3) is 0 Å². The molecular weight excluding hydrogens is 385 g/mol. The molecular formula is C18H25FN5O3S+. The molecule has 0 aliphatic carbocycles. The Morgan fingerprint density at radius 2 is 1.82 bits per heavy atom. The summed E-state index contributed by atoms with van der Waals surface area (Å²) >= 11 is 0. The molecule has 0 atom stereocenters. The van der Waals surface area contributed by atoms with Crippen molar-refractivity contribution in [3.05, 3.63) is 41.5 Å². The fourth-order valence-electron chi connectivity index (χ4n) is 3.34. The fraction of sp³-hybridized carbons (Fsp3) is 0.444. The molecule has 1 aliphatic rings. The van der Waals surface area contributed by atoms with E-state index in [0.29, 0.717) is 26.2 Å². The third-order valence-corrected chi connectivity index (χ3v) is 6.98. The molecule has 1 aromatic heterocycles. The van der Waals surface area contributed by atoms with Crippen LogP contribution in [0.3, 0.4) is 0 Å². The Morgan fingerprint density at radius 3 is 2.36 bits per heavy atom. The van der Waals surface area contributed by atoms with Gasteiger partial charge in [-0.2, -0.15) is 9.40 Å². The number of hydrogen-bond acceptors (Lipinski definition) is 4. The molecule has 2 aromatic rings. The molecule has 0 saturated carbocycles. The number of aryl methyl sites for hydroxylation is 2. The molecule has 1 amide bonds. The van der Waals surface area contributed by atoms with E-state index in [9.17, 15) is 17.6 Å².